The summed E-state index contributed by atoms with van der Waals surface area (Å²) in [5.74, 6) is -2.80. The van der Waals surface area contributed by atoms with E-state index in [4.69, 9.17) is 10.8 Å². The lowest BCUT2D eigenvalue weighted by molar-refractivity contribution is -0.173. The van der Waals surface area contributed by atoms with Crippen LogP contribution in [0.1, 0.15) is 13.3 Å². The van der Waals surface area contributed by atoms with Gasteiger partial charge in [0.05, 0.1) is 5.92 Å². The lowest BCUT2D eigenvalue weighted by Crippen LogP contribution is -2.35. The van der Waals surface area contributed by atoms with E-state index < -0.39 is 30.5 Å². The van der Waals surface area contributed by atoms with Crippen LogP contribution in [0.3, 0.4) is 0 Å². The predicted molar refractivity (Wildman–Crippen MR) is 36.4 cm³/mol. The number of hydrogen-bond donors (Lipinski definition) is 1. The highest BCUT2D eigenvalue weighted by Crippen LogP contribution is 2.28. The summed E-state index contributed by atoms with van der Waals surface area (Å²) in [5, 5.41) is 6.45. The van der Waals surface area contributed by atoms with Gasteiger partial charge in [-0.15, -0.1) is 0 Å². The number of rotatable bonds is 3. The molecule has 0 saturated heterocycles. The Hall–Kier alpha value is -0.780. The van der Waals surface area contributed by atoms with Gasteiger partial charge in [0.1, 0.15) is 0 Å². The minimum atomic E-state index is -4.34. The summed E-state index contributed by atoms with van der Waals surface area (Å²) in [5.41, 5.74) is 4.98. The van der Waals surface area contributed by atoms with Crippen LogP contribution in [0.15, 0.2) is 0 Å². The van der Waals surface area contributed by atoms with Crippen molar-refractivity contribution in [2.24, 2.45) is 11.7 Å². The monoisotopic (exact) mass is 186 g/mol. The zero-order chi connectivity index (χ0) is 9.94. The Balaban J connectivity index is 4.01. The van der Waals surface area contributed by atoms with E-state index in [0.29, 0.717) is 0 Å². The Morgan fingerprint density at radius 2 is 2.00 bits per heavy atom. The van der Waals surface area contributed by atoms with E-state index in [1.54, 1.807) is 0 Å². The van der Waals surface area contributed by atoms with E-state index in [1.165, 1.54) is 0 Å². The summed E-state index contributed by atoms with van der Waals surface area (Å²) in [6.07, 6.45) is -4.86. The minimum Gasteiger partial charge on any atom is -0.564 e. The Morgan fingerprint density at radius 1 is 1.58 bits per heavy atom. The maximum atomic E-state index is 11.8. The van der Waals surface area contributed by atoms with Crippen molar-refractivity contribution >= 4 is 5.97 Å². The van der Waals surface area contributed by atoms with Crippen molar-refractivity contribution in [2.45, 2.75) is 25.6 Å². The first-order valence-corrected chi connectivity index (χ1v) is 3.33. The van der Waals surface area contributed by atoms with Gasteiger partial charge in [-0.1, -0.05) is 6.92 Å². The standard InChI is InChI=1S/C6H10F3NO2/c1-3(6(7,8)9)2-4(10)5(11)12/h3-4H,2,10H2,1H3,(H,11,12)/p+1/t3-,4+/m1/s1. The van der Waals surface area contributed by atoms with Crippen molar-refractivity contribution < 1.29 is 23.1 Å². The molecule has 0 rings (SSSR count). The molecule has 0 aromatic carbocycles. The van der Waals surface area contributed by atoms with Gasteiger partial charge in [-0.05, 0) is 6.42 Å². The molecule has 4 N–H and O–H groups in total. The van der Waals surface area contributed by atoms with E-state index in [1.807, 2.05) is 0 Å². The van der Waals surface area contributed by atoms with E-state index in [-0.39, 0.29) is 0 Å². The van der Waals surface area contributed by atoms with Crippen LogP contribution in [-0.2, 0) is 4.79 Å². The molecule has 0 amide bonds. The average Bonchev–Trinajstić information content (AvgIpc) is 1.85. The molecule has 12 heavy (non-hydrogen) atoms. The molecular weight excluding hydrogens is 175 g/mol. The smallest absolute Gasteiger partial charge is 0.532 e. The van der Waals surface area contributed by atoms with Crippen molar-refractivity contribution in [3.8, 4) is 0 Å². The quantitative estimate of drug-likeness (QED) is 0.637. The number of halogens is 3. The Bertz CT molecular complexity index is 169. The molecule has 0 aliphatic rings. The number of alkyl halides is 3. The van der Waals surface area contributed by atoms with Gasteiger partial charge >= 0.3 is 12.1 Å². The van der Waals surface area contributed by atoms with E-state index in [0.717, 1.165) is 6.92 Å². The van der Waals surface area contributed by atoms with Crippen LogP contribution >= 0.6 is 0 Å². The Morgan fingerprint density at radius 3 is 2.25 bits per heavy atom. The van der Waals surface area contributed by atoms with Crippen LogP contribution < -0.4 is 5.73 Å². The van der Waals surface area contributed by atoms with Gasteiger partial charge in [-0.25, -0.2) is 0 Å². The van der Waals surface area contributed by atoms with Crippen molar-refractivity contribution in [3.63, 3.8) is 0 Å². The largest absolute Gasteiger partial charge is 0.564 e. The fourth-order valence-electron chi connectivity index (χ4n) is 0.622. The zero-order valence-corrected chi connectivity index (χ0v) is 6.48. The van der Waals surface area contributed by atoms with Crippen molar-refractivity contribution in [1.82, 2.24) is 0 Å². The molecule has 0 aromatic rings. The van der Waals surface area contributed by atoms with Crippen molar-refractivity contribution in [1.29, 1.82) is 0 Å². The van der Waals surface area contributed by atoms with Crippen LogP contribution in [0.4, 0.5) is 13.2 Å². The van der Waals surface area contributed by atoms with E-state index >= 15 is 0 Å². The molecule has 0 fully saturated rings. The predicted octanol–water partition coefficient (Wildman–Crippen LogP) is 0.153. The molecule has 0 spiro atoms. The maximum Gasteiger partial charge on any atom is 0.532 e. The summed E-state index contributed by atoms with van der Waals surface area (Å²) in [6, 6.07) is -1.33. The Labute approximate surface area is 67.4 Å². The molecule has 0 heterocycles. The van der Waals surface area contributed by atoms with Gasteiger partial charge < -0.3 is 10.8 Å². The average molecular weight is 186 g/mol. The lowest BCUT2D eigenvalue weighted by Gasteiger charge is -2.15. The molecule has 72 valence electrons. The fraction of sp³-hybridized carbons (Fsp3) is 0.833. The molecular formula is C6H11F3NO2+. The van der Waals surface area contributed by atoms with Gasteiger partial charge in [-0.2, -0.15) is 13.2 Å². The van der Waals surface area contributed by atoms with Crippen molar-refractivity contribution in [3.05, 3.63) is 0 Å². The van der Waals surface area contributed by atoms with Crippen LogP contribution in [0.2, 0.25) is 0 Å². The molecule has 0 unspecified atom stereocenters. The number of hydrogen-bond acceptors (Lipinski definition) is 2. The summed E-state index contributed by atoms with van der Waals surface area (Å²) < 4.78 is 35.5. The third kappa shape index (κ3) is 3.56. The van der Waals surface area contributed by atoms with Gasteiger partial charge in [0.25, 0.3) is 0 Å². The highest BCUT2D eigenvalue weighted by Gasteiger charge is 2.39. The second-order valence-corrected chi connectivity index (χ2v) is 2.65. The first-order valence-electron chi connectivity index (χ1n) is 3.33. The van der Waals surface area contributed by atoms with Gasteiger partial charge in [0, 0.05) is 4.79 Å². The van der Waals surface area contributed by atoms with E-state index in [9.17, 15) is 18.0 Å². The fourth-order valence-corrected chi connectivity index (χ4v) is 0.622. The molecule has 2 atom stereocenters. The maximum absolute atomic E-state index is 11.8. The van der Waals surface area contributed by atoms with Crippen molar-refractivity contribution in [2.75, 3.05) is 0 Å². The molecule has 0 saturated carbocycles. The molecule has 0 radical (unpaired) electrons. The lowest BCUT2D eigenvalue weighted by atomic mass is 10.0. The number of carbonyl (C=O) groups is 1. The molecule has 6 heteroatoms. The third-order valence-corrected chi connectivity index (χ3v) is 1.50. The molecule has 0 bridgehead atoms. The highest BCUT2D eigenvalue weighted by atomic mass is 19.4. The second-order valence-electron chi connectivity index (χ2n) is 2.65. The SMILES string of the molecule is C[C@H](C[C@H](N)C(=O)[OH2+])C(F)(F)F. The van der Waals surface area contributed by atoms with Gasteiger partial charge in [0.2, 0.25) is 0 Å². The van der Waals surface area contributed by atoms with Crippen LogP contribution in [0.25, 0.3) is 0 Å². The normalized spacial score (nSPS) is 17.1. The minimum absolute atomic E-state index is 0.522. The summed E-state index contributed by atoms with van der Waals surface area (Å²) >= 11 is 0. The number of nitrogens with two attached hydrogens (primary N) is 1. The molecule has 3 nitrogen and oxygen atoms in total. The molecule has 0 aliphatic carbocycles. The summed E-state index contributed by atoms with van der Waals surface area (Å²) in [7, 11) is 0. The van der Waals surface area contributed by atoms with Crippen LogP contribution in [0.5, 0.6) is 0 Å². The first-order chi connectivity index (χ1) is 5.25. The van der Waals surface area contributed by atoms with E-state index in [2.05, 4.69) is 0 Å². The topological polar surface area (TPSA) is 66.0 Å². The highest BCUT2D eigenvalue weighted by molar-refractivity contribution is 5.73. The third-order valence-electron chi connectivity index (χ3n) is 1.50. The second kappa shape index (κ2) is 3.75. The number of carbonyl (C=O) groups excluding carboxylic acids is 1. The van der Waals surface area contributed by atoms with Gasteiger partial charge in [-0.3, -0.25) is 0 Å². The Kier molecular flexibility index (Phi) is 3.51. The van der Waals surface area contributed by atoms with Crippen LogP contribution in [0, 0.1) is 5.92 Å². The van der Waals surface area contributed by atoms with Gasteiger partial charge in [0.15, 0.2) is 6.04 Å². The molecule has 0 aliphatic heterocycles. The van der Waals surface area contributed by atoms with Crippen LogP contribution in [-0.4, -0.2) is 23.3 Å². The summed E-state index contributed by atoms with van der Waals surface area (Å²) in [4.78, 5) is 10.2. The first kappa shape index (κ1) is 11.2. The summed E-state index contributed by atoms with van der Waals surface area (Å²) in [6.45, 7) is 0.933. The molecule has 0 aromatic heterocycles. The zero-order valence-electron chi connectivity index (χ0n) is 6.48.